The molecule has 1 aromatic carbocycles. The number of rotatable bonds is 3. The van der Waals surface area contributed by atoms with E-state index in [2.05, 4.69) is 32.9 Å². The van der Waals surface area contributed by atoms with Crippen LogP contribution in [0.15, 0.2) is 28.7 Å². The van der Waals surface area contributed by atoms with E-state index < -0.39 is 5.60 Å². The molecule has 0 amide bonds. The number of fused-ring (bicyclic) bond motifs is 1. The normalized spacial score (nSPS) is 26.6. The zero-order valence-corrected chi connectivity index (χ0v) is 13.4. The van der Waals surface area contributed by atoms with Crippen LogP contribution in [0.4, 0.5) is 0 Å². The molecule has 1 aromatic heterocycles. The van der Waals surface area contributed by atoms with Crippen molar-refractivity contribution < 1.29 is 9.52 Å². The third-order valence-corrected chi connectivity index (χ3v) is 4.83. The molecular weight excluding hydrogens is 260 g/mol. The van der Waals surface area contributed by atoms with Crippen molar-refractivity contribution in [2.75, 3.05) is 0 Å². The first-order valence-electron chi connectivity index (χ1n) is 8.20. The fourth-order valence-electron chi connectivity index (χ4n) is 3.89. The van der Waals surface area contributed by atoms with Gasteiger partial charge in [0.05, 0.1) is 0 Å². The summed E-state index contributed by atoms with van der Waals surface area (Å²) < 4.78 is 6.04. The Hall–Kier alpha value is -1.28. The average Bonchev–Trinajstić information content (AvgIpc) is 2.84. The highest BCUT2D eigenvalue weighted by atomic mass is 16.4. The predicted molar refractivity (Wildman–Crippen MR) is 86.3 cm³/mol. The highest BCUT2D eigenvalue weighted by Gasteiger charge is 2.38. The van der Waals surface area contributed by atoms with Crippen LogP contribution in [-0.4, -0.2) is 5.11 Å². The van der Waals surface area contributed by atoms with E-state index in [9.17, 15) is 5.11 Å². The third-order valence-electron chi connectivity index (χ3n) is 4.83. The van der Waals surface area contributed by atoms with Gasteiger partial charge in [-0.15, -0.1) is 0 Å². The van der Waals surface area contributed by atoms with Crippen molar-refractivity contribution in [3.63, 3.8) is 0 Å². The Labute approximate surface area is 127 Å². The van der Waals surface area contributed by atoms with E-state index in [1.165, 1.54) is 12.8 Å². The van der Waals surface area contributed by atoms with E-state index in [1.807, 2.05) is 12.1 Å². The Kier molecular flexibility index (Phi) is 3.83. The summed E-state index contributed by atoms with van der Waals surface area (Å²) in [6.45, 7) is 6.58. The van der Waals surface area contributed by atoms with Crippen LogP contribution in [0.1, 0.15) is 57.3 Å². The molecule has 21 heavy (non-hydrogen) atoms. The Morgan fingerprint density at radius 2 is 2.19 bits per heavy atom. The molecule has 2 atom stereocenters. The topological polar surface area (TPSA) is 33.4 Å². The Morgan fingerprint density at radius 1 is 1.38 bits per heavy atom. The lowest BCUT2D eigenvalue weighted by Crippen LogP contribution is -2.32. The first-order chi connectivity index (χ1) is 9.98. The van der Waals surface area contributed by atoms with Crippen LogP contribution in [0, 0.1) is 18.8 Å². The molecule has 1 N–H and O–H groups in total. The molecule has 1 aliphatic carbocycles. The molecule has 0 saturated heterocycles. The van der Waals surface area contributed by atoms with Crippen molar-refractivity contribution in [2.45, 2.75) is 58.5 Å². The Bertz CT molecular complexity index is 626. The quantitative estimate of drug-likeness (QED) is 0.845. The molecule has 2 aromatic rings. The minimum atomic E-state index is -0.775. The second-order valence-electron chi connectivity index (χ2n) is 7.23. The number of para-hydroxylation sites is 1. The minimum absolute atomic E-state index is 0.609. The molecule has 0 bridgehead atoms. The Morgan fingerprint density at radius 3 is 2.90 bits per heavy atom. The summed E-state index contributed by atoms with van der Waals surface area (Å²) in [4.78, 5) is 0. The van der Waals surface area contributed by atoms with E-state index in [0.717, 1.165) is 41.6 Å². The zero-order chi connectivity index (χ0) is 15.0. The van der Waals surface area contributed by atoms with Gasteiger partial charge in [0.15, 0.2) is 0 Å². The maximum atomic E-state index is 11.1. The fourth-order valence-corrected chi connectivity index (χ4v) is 3.89. The molecule has 2 heteroatoms. The Balaban J connectivity index is 1.90. The van der Waals surface area contributed by atoms with Gasteiger partial charge < -0.3 is 9.52 Å². The van der Waals surface area contributed by atoms with Crippen molar-refractivity contribution in [1.29, 1.82) is 0 Å². The van der Waals surface area contributed by atoms with E-state index >= 15 is 0 Å². The van der Waals surface area contributed by atoms with Gasteiger partial charge in [-0.1, -0.05) is 38.5 Å². The largest absolute Gasteiger partial charge is 0.458 e. The maximum absolute atomic E-state index is 11.1. The van der Waals surface area contributed by atoms with Crippen LogP contribution in [0.25, 0.3) is 11.0 Å². The van der Waals surface area contributed by atoms with Gasteiger partial charge in [0, 0.05) is 5.39 Å². The SMILES string of the molecule is Cc1cccc2cc(C3(O)CCCC(CC(C)C)C3)oc12. The lowest BCUT2D eigenvalue weighted by Gasteiger charge is -2.36. The third kappa shape index (κ3) is 2.87. The number of furan rings is 1. The molecule has 1 saturated carbocycles. The summed E-state index contributed by atoms with van der Waals surface area (Å²) in [6.07, 6.45) is 5.18. The average molecular weight is 286 g/mol. The van der Waals surface area contributed by atoms with Crippen molar-refractivity contribution in [3.05, 3.63) is 35.6 Å². The van der Waals surface area contributed by atoms with E-state index in [4.69, 9.17) is 4.42 Å². The summed E-state index contributed by atoms with van der Waals surface area (Å²) in [5.74, 6) is 2.06. The second kappa shape index (κ2) is 5.49. The number of aliphatic hydroxyl groups is 1. The van der Waals surface area contributed by atoms with E-state index in [0.29, 0.717) is 11.8 Å². The van der Waals surface area contributed by atoms with Crippen LogP contribution in [0.3, 0.4) is 0 Å². The lowest BCUT2D eigenvalue weighted by atomic mass is 9.74. The number of hydrogen-bond donors (Lipinski definition) is 1. The van der Waals surface area contributed by atoms with Gasteiger partial charge in [-0.3, -0.25) is 0 Å². The van der Waals surface area contributed by atoms with Crippen LogP contribution >= 0.6 is 0 Å². The van der Waals surface area contributed by atoms with Gasteiger partial charge in [-0.25, -0.2) is 0 Å². The standard InChI is InChI=1S/C19H26O2/c1-13(2)10-15-7-5-9-19(20,12-15)17-11-16-8-4-6-14(3)18(16)21-17/h4,6,8,11,13,15,20H,5,7,9-10,12H2,1-3H3. The number of aryl methyl sites for hydroxylation is 1. The highest BCUT2D eigenvalue weighted by molar-refractivity contribution is 5.81. The lowest BCUT2D eigenvalue weighted by molar-refractivity contribution is -0.0404. The fraction of sp³-hybridized carbons (Fsp3) is 0.579. The summed E-state index contributed by atoms with van der Waals surface area (Å²) in [5.41, 5.74) is 1.28. The molecule has 1 aliphatic rings. The molecule has 2 nitrogen and oxygen atoms in total. The van der Waals surface area contributed by atoms with Crippen LogP contribution in [0.5, 0.6) is 0 Å². The smallest absolute Gasteiger partial charge is 0.137 e. The first-order valence-corrected chi connectivity index (χ1v) is 8.20. The first kappa shape index (κ1) is 14.6. The molecule has 1 fully saturated rings. The van der Waals surface area contributed by atoms with Gasteiger partial charge in [0.25, 0.3) is 0 Å². The molecule has 3 rings (SSSR count). The van der Waals surface area contributed by atoms with Crippen molar-refractivity contribution >= 4 is 11.0 Å². The highest BCUT2D eigenvalue weighted by Crippen LogP contribution is 2.43. The molecule has 0 spiro atoms. The summed E-state index contributed by atoms with van der Waals surface area (Å²) in [6, 6.07) is 8.21. The zero-order valence-electron chi connectivity index (χ0n) is 13.4. The summed E-state index contributed by atoms with van der Waals surface area (Å²) in [7, 11) is 0. The van der Waals surface area contributed by atoms with Gasteiger partial charge >= 0.3 is 0 Å². The van der Waals surface area contributed by atoms with Crippen LogP contribution in [-0.2, 0) is 5.60 Å². The number of benzene rings is 1. The molecule has 0 aliphatic heterocycles. The minimum Gasteiger partial charge on any atom is -0.458 e. The molecule has 2 unspecified atom stereocenters. The van der Waals surface area contributed by atoms with Crippen molar-refractivity contribution in [2.24, 2.45) is 11.8 Å². The molecule has 0 radical (unpaired) electrons. The predicted octanol–water partition coefficient (Wildman–Crippen LogP) is 5.17. The van der Waals surface area contributed by atoms with Crippen molar-refractivity contribution in [1.82, 2.24) is 0 Å². The van der Waals surface area contributed by atoms with E-state index in [1.54, 1.807) is 0 Å². The van der Waals surface area contributed by atoms with Gasteiger partial charge in [0.2, 0.25) is 0 Å². The molecular formula is C19H26O2. The van der Waals surface area contributed by atoms with Crippen LogP contribution < -0.4 is 0 Å². The monoisotopic (exact) mass is 286 g/mol. The number of hydrogen-bond acceptors (Lipinski definition) is 2. The second-order valence-corrected chi connectivity index (χ2v) is 7.23. The molecule has 1 heterocycles. The van der Waals surface area contributed by atoms with Gasteiger partial charge in [0.1, 0.15) is 16.9 Å². The van der Waals surface area contributed by atoms with Gasteiger partial charge in [-0.05, 0) is 56.1 Å². The van der Waals surface area contributed by atoms with Crippen LogP contribution in [0.2, 0.25) is 0 Å². The maximum Gasteiger partial charge on any atom is 0.137 e. The summed E-state index contributed by atoms with van der Waals surface area (Å²) in [5, 5.41) is 12.2. The summed E-state index contributed by atoms with van der Waals surface area (Å²) >= 11 is 0. The molecule has 114 valence electrons. The van der Waals surface area contributed by atoms with Crippen molar-refractivity contribution in [3.8, 4) is 0 Å². The van der Waals surface area contributed by atoms with E-state index in [-0.39, 0.29) is 0 Å². The van der Waals surface area contributed by atoms with Gasteiger partial charge in [-0.2, -0.15) is 0 Å².